The maximum Gasteiger partial charge on any atom is 0.252 e. The molecule has 1 aliphatic carbocycles. The SMILES string of the molecule is O=C(NCC1CC(O)C1)c1cc(I)ccc1Br. The van der Waals surface area contributed by atoms with Crippen LogP contribution in [-0.4, -0.2) is 23.7 Å². The van der Waals surface area contributed by atoms with Gasteiger partial charge in [0.2, 0.25) is 0 Å². The number of aliphatic hydroxyl groups excluding tert-OH is 1. The molecule has 1 aliphatic rings. The summed E-state index contributed by atoms with van der Waals surface area (Å²) in [7, 11) is 0. The fourth-order valence-corrected chi connectivity index (χ4v) is 2.79. The lowest BCUT2D eigenvalue weighted by molar-refractivity contribution is 0.0420. The number of halogens is 2. The van der Waals surface area contributed by atoms with E-state index in [1.165, 1.54) is 0 Å². The molecule has 1 saturated carbocycles. The summed E-state index contributed by atoms with van der Waals surface area (Å²) in [6.45, 7) is 0.647. The van der Waals surface area contributed by atoms with Gasteiger partial charge in [0.25, 0.3) is 5.91 Å². The van der Waals surface area contributed by atoms with Gasteiger partial charge in [0, 0.05) is 14.6 Å². The van der Waals surface area contributed by atoms with Crippen molar-refractivity contribution in [2.24, 2.45) is 5.92 Å². The van der Waals surface area contributed by atoms with Crippen molar-refractivity contribution in [2.75, 3.05) is 6.54 Å². The maximum absolute atomic E-state index is 11.9. The van der Waals surface area contributed by atoms with E-state index in [-0.39, 0.29) is 12.0 Å². The van der Waals surface area contributed by atoms with E-state index < -0.39 is 0 Å². The molecule has 0 unspecified atom stereocenters. The van der Waals surface area contributed by atoms with Gasteiger partial charge in [-0.3, -0.25) is 4.79 Å². The Morgan fingerprint density at radius 2 is 2.24 bits per heavy atom. The molecule has 2 N–H and O–H groups in total. The Morgan fingerprint density at radius 1 is 1.53 bits per heavy atom. The number of hydrogen-bond acceptors (Lipinski definition) is 2. The van der Waals surface area contributed by atoms with Crippen molar-refractivity contribution in [2.45, 2.75) is 18.9 Å². The standard InChI is InChI=1S/C12H13BrINO2/c13-11-2-1-8(14)5-10(11)12(17)15-6-7-3-9(16)4-7/h1-2,5,7,9,16H,3-4,6H2,(H,15,17). The molecule has 0 aromatic heterocycles. The molecule has 5 heteroatoms. The zero-order chi connectivity index (χ0) is 12.4. The number of hydrogen-bond donors (Lipinski definition) is 2. The molecular weight excluding hydrogens is 397 g/mol. The fraction of sp³-hybridized carbons (Fsp3) is 0.417. The van der Waals surface area contributed by atoms with Gasteiger partial charge in [0.05, 0.1) is 11.7 Å². The zero-order valence-corrected chi connectivity index (χ0v) is 12.9. The van der Waals surface area contributed by atoms with Gasteiger partial charge in [-0.25, -0.2) is 0 Å². The van der Waals surface area contributed by atoms with E-state index in [0.29, 0.717) is 18.0 Å². The molecule has 1 aromatic carbocycles. The van der Waals surface area contributed by atoms with Crippen LogP contribution in [0, 0.1) is 9.49 Å². The predicted octanol–water partition coefficient (Wildman–Crippen LogP) is 2.55. The van der Waals surface area contributed by atoms with Gasteiger partial charge in [0.15, 0.2) is 0 Å². The number of benzene rings is 1. The van der Waals surface area contributed by atoms with Crippen molar-refractivity contribution < 1.29 is 9.90 Å². The van der Waals surface area contributed by atoms with Crippen molar-refractivity contribution in [3.05, 3.63) is 31.8 Å². The van der Waals surface area contributed by atoms with E-state index in [9.17, 15) is 4.79 Å². The molecule has 17 heavy (non-hydrogen) atoms. The summed E-state index contributed by atoms with van der Waals surface area (Å²) in [5.74, 6) is 0.368. The molecule has 0 atom stereocenters. The van der Waals surface area contributed by atoms with Crippen LogP contribution in [-0.2, 0) is 0 Å². The van der Waals surface area contributed by atoms with E-state index in [2.05, 4.69) is 43.8 Å². The van der Waals surface area contributed by atoms with Crippen molar-refractivity contribution in [1.82, 2.24) is 5.32 Å². The summed E-state index contributed by atoms with van der Waals surface area (Å²) >= 11 is 5.56. The quantitative estimate of drug-likeness (QED) is 0.753. The summed E-state index contributed by atoms with van der Waals surface area (Å²) < 4.78 is 1.85. The molecule has 0 radical (unpaired) electrons. The highest BCUT2D eigenvalue weighted by Crippen LogP contribution is 2.26. The van der Waals surface area contributed by atoms with E-state index in [4.69, 9.17) is 5.11 Å². The van der Waals surface area contributed by atoms with Gasteiger partial charge < -0.3 is 10.4 Å². The molecule has 0 spiro atoms. The highest BCUT2D eigenvalue weighted by Gasteiger charge is 2.27. The molecule has 3 nitrogen and oxygen atoms in total. The lowest BCUT2D eigenvalue weighted by Crippen LogP contribution is -2.38. The van der Waals surface area contributed by atoms with E-state index >= 15 is 0 Å². The number of carbonyl (C=O) groups excluding carboxylic acids is 1. The number of amides is 1. The average molecular weight is 410 g/mol. The first kappa shape index (κ1) is 13.3. The Balaban J connectivity index is 1.92. The normalized spacial score (nSPS) is 23.0. The van der Waals surface area contributed by atoms with Gasteiger partial charge in [0.1, 0.15) is 0 Å². The average Bonchev–Trinajstić information content (AvgIpc) is 2.26. The number of rotatable bonds is 3. The van der Waals surface area contributed by atoms with Crippen LogP contribution in [0.25, 0.3) is 0 Å². The highest BCUT2D eigenvalue weighted by atomic mass is 127. The third-order valence-corrected chi connectivity index (χ3v) is 4.30. The Hall–Kier alpha value is -0.140. The second-order valence-electron chi connectivity index (χ2n) is 4.33. The van der Waals surface area contributed by atoms with Crippen molar-refractivity contribution in [3.8, 4) is 0 Å². The van der Waals surface area contributed by atoms with Gasteiger partial charge in [-0.1, -0.05) is 0 Å². The minimum atomic E-state index is -0.165. The predicted molar refractivity (Wildman–Crippen MR) is 77.9 cm³/mol. The third-order valence-electron chi connectivity index (χ3n) is 2.94. The zero-order valence-electron chi connectivity index (χ0n) is 9.12. The first-order chi connectivity index (χ1) is 8.06. The van der Waals surface area contributed by atoms with Crippen LogP contribution >= 0.6 is 38.5 Å². The molecule has 0 saturated heterocycles. The maximum atomic E-state index is 11.9. The van der Waals surface area contributed by atoms with Crippen LogP contribution in [0.5, 0.6) is 0 Å². The summed E-state index contributed by atoms with van der Waals surface area (Å²) in [6, 6.07) is 5.68. The monoisotopic (exact) mass is 409 g/mol. The topological polar surface area (TPSA) is 49.3 Å². The second kappa shape index (κ2) is 5.67. The lowest BCUT2D eigenvalue weighted by atomic mass is 9.82. The summed E-state index contributed by atoms with van der Waals surface area (Å²) in [5, 5.41) is 12.1. The summed E-state index contributed by atoms with van der Waals surface area (Å²) in [5.41, 5.74) is 0.664. The van der Waals surface area contributed by atoms with Crippen molar-refractivity contribution in [1.29, 1.82) is 0 Å². The van der Waals surface area contributed by atoms with Crippen LogP contribution < -0.4 is 5.32 Å². The molecule has 92 valence electrons. The molecule has 2 rings (SSSR count). The number of carbonyl (C=O) groups is 1. The Bertz CT molecular complexity index is 433. The molecule has 1 aromatic rings. The van der Waals surface area contributed by atoms with Crippen molar-refractivity contribution >= 4 is 44.4 Å². The summed E-state index contributed by atoms with van der Waals surface area (Å²) in [6.07, 6.45) is 1.43. The number of nitrogens with one attached hydrogen (secondary N) is 1. The molecular formula is C12H13BrINO2. The van der Waals surface area contributed by atoms with E-state index in [1.807, 2.05) is 18.2 Å². The smallest absolute Gasteiger partial charge is 0.252 e. The molecule has 0 aliphatic heterocycles. The van der Waals surface area contributed by atoms with Crippen LogP contribution in [0.2, 0.25) is 0 Å². The van der Waals surface area contributed by atoms with E-state index in [1.54, 1.807) is 0 Å². The van der Waals surface area contributed by atoms with Crippen LogP contribution in [0.15, 0.2) is 22.7 Å². The first-order valence-corrected chi connectivity index (χ1v) is 7.34. The minimum Gasteiger partial charge on any atom is -0.393 e. The third kappa shape index (κ3) is 3.42. The highest BCUT2D eigenvalue weighted by molar-refractivity contribution is 14.1. The Morgan fingerprint density at radius 3 is 2.88 bits per heavy atom. The fourth-order valence-electron chi connectivity index (χ4n) is 1.87. The van der Waals surface area contributed by atoms with Crippen LogP contribution in [0.4, 0.5) is 0 Å². The number of aliphatic hydroxyl groups is 1. The summed E-state index contributed by atoms with van der Waals surface area (Å²) in [4.78, 5) is 11.9. The van der Waals surface area contributed by atoms with Crippen LogP contribution in [0.1, 0.15) is 23.2 Å². The molecule has 0 heterocycles. The Kier molecular flexibility index (Phi) is 4.43. The lowest BCUT2D eigenvalue weighted by Gasteiger charge is -2.31. The molecule has 0 bridgehead atoms. The minimum absolute atomic E-state index is 0.0585. The van der Waals surface area contributed by atoms with Gasteiger partial charge >= 0.3 is 0 Å². The molecule has 1 amide bonds. The largest absolute Gasteiger partial charge is 0.393 e. The first-order valence-electron chi connectivity index (χ1n) is 5.47. The molecule has 1 fully saturated rings. The van der Waals surface area contributed by atoms with E-state index in [0.717, 1.165) is 20.9 Å². The van der Waals surface area contributed by atoms with Crippen molar-refractivity contribution in [3.63, 3.8) is 0 Å². The van der Waals surface area contributed by atoms with Crippen LogP contribution in [0.3, 0.4) is 0 Å². The second-order valence-corrected chi connectivity index (χ2v) is 6.43. The van der Waals surface area contributed by atoms with Gasteiger partial charge in [-0.05, 0) is 75.5 Å². The Labute approximate surface area is 122 Å². The van der Waals surface area contributed by atoms with Gasteiger partial charge in [-0.2, -0.15) is 0 Å². The van der Waals surface area contributed by atoms with Gasteiger partial charge in [-0.15, -0.1) is 0 Å².